The molecule has 3 nitrogen and oxygen atoms in total. The molecule has 0 aromatic carbocycles. The summed E-state index contributed by atoms with van der Waals surface area (Å²) in [6.07, 6.45) is 4.24. The molecular weight excluding hydrogens is 230 g/mol. The maximum atomic E-state index is 5.61. The van der Waals surface area contributed by atoms with Gasteiger partial charge in [0.05, 0.1) is 16.4 Å². The molecule has 1 fully saturated rings. The Labute approximate surface area is 86.1 Å². The van der Waals surface area contributed by atoms with Crippen molar-refractivity contribution in [1.82, 2.24) is 4.98 Å². The number of aromatic nitrogens is 1. The van der Waals surface area contributed by atoms with Gasteiger partial charge in [0.2, 0.25) is 0 Å². The highest BCUT2D eigenvalue weighted by Gasteiger charge is 2.28. The van der Waals surface area contributed by atoms with Crippen molar-refractivity contribution in [1.29, 1.82) is 0 Å². The van der Waals surface area contributed by atoms with E-state index in [4.69, 9.17) is 5.73 Å². The van der Waals surface area contributed by atoms with E-state index in [1.807, 2.05) is 6.07 Å². The molecule has 70 valence electrons. The van der Waals surface area contributed by atoms with Crippen LogP contribution in [0.3, 0.4) is 0 Å². The SMILES string of the molecule is CN(c1ncc(N)cc1Br)C1CC1. The van der Waals surface area contributed by atoms with Crippen LogP contribution in [0.25, 0.3) is 0 Å². The number of nitrogens with two attached hydrogens (primary N) is 1. The summed E-state index contributed by atoms with van der Waals surface area (Å²) in [5.74, 6) is 0.983. The van der Waals surface area contributed by atoms with Gasteiger partial charge in [-0.05, 0) is 34.8 Å². The van der Waals surface area contributed by atoms with Crippen molar-refractivity contribution >= 4 is 27.4 Å². The van der Waals surface area contributed by atoms with Crippen LogP contribution >= 0.6 is 15.9 Å². The van der Waals surface area contributed by atoms with Crippen molar-refractivity contribution < 1.29 is 0 Å². The lowest BCUT2D eigenvalue weighted by atomic mass is 10.4. The molecule has 4 heteroatoms. The largest absolute Gasteiger partial charge is 0.397 e. The van der Waals surface area contributed by atoms with Crippen LogP contribution in [0.5, 0.6) is 0 Å². The molecule has 0 amide bonds. The monoisotopic (exact) mass is 241 g/mol. The van der Waals surface area contributed by atoms with Gasteiger partial charge in [-0.3, -0.25) is 0 Å². The van der Waals surface area contributed by atoms with Crippen molar-refractivity contribution in [2.24, 2.45) is 0 Å². The molecule has 1 saturated carbocycles. The molecule has 1 aliphatic carbocycles. The Morgan fingerprint density at radius 1 is 1.62 bits per heavy atom. The molecule has 0 unspecified atom stereocenters. The first-order chi connectivity index (χ1) is 6.18. The fraction of sp³-hybridized carbons (Fsp3) is 0.444. The summed E-state index contributed by atoms with van der Waals surface area (Å²) in [4.78, 5) is 6.49. The van der Waals surface area contributed by atoms with E-state index in [1.165, 1.54) is 12.8 Å². The van der Waals surface area contributed by atoms with E-state index in [0.717, 1.165) is 10.3 Å². The van der Waals surface area contributed by atoms with E-state index < -0.39 is 0 Å². The molecule has 0 atom stereocenters. The predicted octanol–water partition coefficient (Wildman–Crippen LogP) is 2.02. The van der Waals surface area contributed by atoms with Crippen molar-refractivity contribution in [2.45, 2.75) is 18.9 Å². The van der Waals surface area contributed by atoms with Crippen molar-refractivity contribution in [2.75, 3.05) is 17.7 Å². The summed E-state index contributed by atoms with van der Waals surface area (Å²) in [5, 5.41) is 0. The van der Waals surface area contributed by atoms with Crippen molar-refractivity contribution in [3.05, 3.63) is 16.7 Å². The summed E-state index contributed by atoms with van der Waals surface area (Å²) in [5.41, 5.74) is 6.30. The molecule has 0 radical (unpaired) electrons. The van der Waals surface area contributed by atoms with Gasteiger partial charge in [-0.25, -0.2) is 4.98 Å². The summed E-state index contributed by atoms with van der Waals surface area (Å²) in [6.45, 7) is 0. The van der Waals surface area contributed by atoms with Gasteiger partial charge in [0, 0.05) is 13.1 Å². The molecule has 0 saturated heterocycles. The molecule has 1 heterocycles. The molecule has 13 heavy (non-hydrogen) atoms. The highest BCUT2D eigenvalue weighted by Crippen LogP contribution is 2.33. The third kappa shape index (κ3) is 1.77. The topological polar surface area (TPSA) is 42.2 Å². The number of nitrogen functional groups attached to an aromatic ring is 1. The van der Waals surface area contributed by atoms with Crippen LogP contribution in [-0.2, 0) is 0 Å². The zero-order valence-electron chi connectivity index (χ0n) is 7.50. The number of hydrogen-bond acceptors (Lipinski definition) is 3. The number of hydrogen-bond donors (Lipinski definition) is 1. The summed E-state index contributed by atoms with van der Waals surface area (Å²) in [6, 6.07) is 2.56. The Hall–Kier alpha value is -0.770. The fourth-order valence-corrected chi connectivity index (χ4v) is 1.99. The van der Waals surface area contributed by atoms with Crippen LogP contribution in [0.15, 0.2) is 16.7 Å². The number of pyridine rings is 1. The number of halogens is 1. The van der Waals surface area contributed by atoms with Gasteiger partial charge in [-0.1, -0.05) is 0 Å². The molecule has 2 N–H and O–H groups in total. The average molecular weight is 242 g/mol. The normalized spacial score (nSPS) is 15.8. The minimum absolute atomic E-state index is 0.674. The third-order valence-electron chi connectivity index (χ3n) is 2.27. The molecule has 0 spiro atoms. The lowest BCUT2D eigenvalue weighted by Crippen LogP contribution is -2.21. The summed E-state index contributed by atoms with van der Waals surface area (Å²) >= 11 is 3.46. The zero-order chi connectivity index (χ0) is 9.42. The minimum Gasteiger partial charge on any atom is -0.397 e. The highest BCUT2D eigenvalue weighted by atomic mass is 79.9. The summed E-state index contributed by atoms with van der Waals surface area (Å²) in [7, 11) is 2.07. The van der Waals surface area contributed by atoms with Gasteiger partial charge in [-0.15, -0.1) is 0 Å². The third-order valence-corrected chi connectivity index (χ3v) is 2.86. The number of nitrogens with zero attached hydrogens (tertiary/aromatic N) is 2. The fourth-order valence-electron chi connectivity index (χ4n) is 1.34. The lowest BCUT2D eigenvalue weighted by molar-refractivity contribution is 0.889. The maximum absolute atomic E-state index is 5.61. The van der Waals surface area contributed by atoms with E-state index in [-0.39, 0.29) is 0 Å². The second-order valence-electron chi connectivity index (χ2n) is 3.42. The van der Waals surface area contributed by atoms with Gasteiger partial charge >= 0.3 is 0 Å². The first-order valence-electron chi connectivity index (χ1n) is 4.32. The Bertz CT molecular complexity index is 323. The van der Waals surface area contributed by atoms with Crippen LogP contribution in [0.2, 0.25) is 0 Å². The molecule has 1 aromatic rings. The second-order valence-corrected chi connectivity index (χ2v) is 4.27. The standard InChI is InChI=1S/C9H12BrN3/c1-13(7-2-3-7)9-8(10)4-6(11)5-12-9/h4-5,7H,2-3,11H2,1H3. The van der Waals surface area contributed by atoms with Gasteiger partial charge in [0.25, 0.3) is 0 Å². The van der Waals surface area contributed by atoms with Gasteiger partial charge < -0.3 is 10.6 Å². The average Bonchev–Trinajstić information content (AvgIpc) is 2.85. The molecule has 0 bridgehead atoms. The Morgan fingerprint density at radius 2 is 2.31 bits per heavy atom. The van der Waals surface area contributed by atoms with Crippen LogP contribution in [0.1, 0.15) is 12.8 Å². The minimum atomic E-state index is 0.674. The number of rotatable bonds is 2. The highest BCUT2D eigenvalue weighted by molar-refractivity contribution is 9.10. The van der Waals surface area contributed by atoms with Gasteiger partial charge in [0.1, 0.15) is 5.82 Å². The molecule has 1 aromatic heterocycles. The first-order valence-corrected chi connectivity index (χ1v) is 5.11. The van der Waals surface area contributed by atoms with Gasteiger partial charge in [0.15, 0.2) is 0 Å². The Kier molecular flexibility index (Phi) is 2.15. The van der Waals surface area contributed by atoms with Crippen LogP contribution in [-0.4, -0.2) is 18.1 Å². The number of anilines is 2. The van der Waals surface area contributed by atoms with Crippen molar-refractivity contribution in [3.8, 4) is 0 Å². The van der Waals surface area contributed by atoms with E-state index in [2.05, 4.69) is 32.9 Å². The smallest absolute Gasteiger partial charge is 0.143 e. The van der Waals surface area contributed by atoms with E-state index in [9.17, 15) is 0 Å². The molecule has 2 rings (SSSR count). The van der Waals surface area contributed by atoms with Crippen molar-refractivity contribution in [3.63, 3.8) is 0 Å². The first kappa shape index (κ1) is 8.81. The molecule has 1 aliphatic rings. The lowest BCUT2D eigenvalue weighted by Gasteiger charge is -2.18. The zero-order valence-corrected chi connectivity index (χ0v) is 9.08. The predicted molar refractivity (Wildman–Crippen MR) is 57.8 cm³/mol. The van der Waals surface area contributed by atoms with E-state index in [0.29, 0.717) is 11.7 Å². The Balaban J connectivity index is 2.28. The Morgan fingerprint density at radius 3 is 2.85 bits per heavy atom. The molecule has 0 aliphatic heterocycles. The van der Waals surface area contributed by atoms with Crippen LogP contribution in [0, 0.1) is 0 Å². The van der Waals surface area contributed by atoms with E-state index >= 15 is 0 Å². The van der Waals surface area contributed by atoms with Crippen LogP contribution < -0.4 is 10.6 Å². The maximum Gasteiger partial charge on any atom is 0.143 e. The second kappa shape index (κ2) is 3.18. The molecular formula is C9H12BrN3. The van der Waals surface area contributed by atoms with Crippen LogP contribution in [0.4, 0.5) is 11.5 Å². The van der Waals surface area contributed by atoms with Gasteiger partial charge in [-0.2, -0.15) is 0 Å². The van der Waals surface area contributed by atoms with E-state index in [1.54, 1.807) is 6.20 Å². The quantitative estimate of drug-likeness (QED) is 0.862. The summed E-state index contributed by atoms with van der Waals surface area (Å²) < 4.78 is 0.974.